The zero-order valence-electron chi connectivity index (χ0n) is 48.2. The molecule has 0 aromatic carbocycles. The van der Waals surface area contributed by atoms with E-state index in [1.54, 1.807) is 0 Å². The fourth-order valence-corrected chi connectivity index (χ4v) is 9.57. The summed E-state index contributed by atoms with van der Waals surface area (Å²) in [5.74, 6) is -0.378. The number of hydrogen-bond acceptors (Lipinski definition) is 14. The van der Waals surface area contributed by atoms with Gasteiger partial charge in [-0.2, -0.15) is 0 Å². The lowest BCUT2D eigenvalue weighted by Gasteiger charge is -2.42. The Kier molecular flexibility index (Phi) is 45.5. The van der Waals surface area contributed by atoms with Crippen LogP contribution in [0.25, 0.3) is 0 Å². The molecule has 77 heavy (non-hydrogen) atoms. The quantitative estimate of drug-likeness (QED) is 0.0172. The van der Waals surface area contributed by atoms with E-state index in [4.69, 9.17) is 28.4 Å². The van der Waals surface area contributed by atoms with Gasteiger partial charge in [0.15, 0.2) is 12.6 Å². The summed E-state index contributed by atoms with van der Waals surface area (Å²) in [4.78, 5) is 13.1. The van der Waals surface area contributed by atoms with Crippen LogP contribution in [0.5, 0.6) is 0 Å². The Labute approximate surface area is 466 Å². The van der Waals surface area contributed by atoms with Crippen LogP contribution in [0.15, 0.2) is 60.8 Å². The summed E-state index contributed by atoms with van der Waals surface area (Å²) in [6, 6.07) is 0. The molecule has 0 amide bonds. The average Bonchev–Trinajstić information content (AvgIpc) is 3.43. The molecule has 2 rings (SSSR count). The zero-order valence-corrected chi connectivity index (χ0v) is 48.2. The second kappa shape index (κ2) is 49.5. The average molecular weight is 1090 g/mol. The Morgan fingerprint density at radius 2 is 0.844 bits per heavy atom. The summed E-state index contributed by atoms with van der Waals surface area (Å²) in [7, 11) is 0. The number of aliphatic hydroxyl groups excluding tert-OH is 7. The van der Waals surface area contributed by atoms with Crippen molar-refractivity contribution in [1.29, 1.82) is 0 Å². The maximum Gasteiger partial charge on any atom is 0.306 e. The topological polar surface area (TPSA) is 214 Å². The minimum atomic E-state index is -1.71. The predicted octanol–water partition coefficient (Wildman–Crippen LogP) is 11.6. The van der Waals surface area contributed by atoms with E-state index in [1.807, 2.05) is 0 Å². The number of ether oxygens (including phenoxy) is 6. The van der Waals surface area contributed by atoms with E-state index in [0.29, 0.717) is 13.0 Å². The van der Waals surface area contributed by atoms with Crippen LogP contribution < -0.4 is 0 Å². The monoisotopic (exact) mass is 1090 g/mol. The van der Waals surface area contributed by atoms with Crippen LogP contribution in [0.1, 0.15) is 232 Å². The molecule has 448 valence electrons. The molecule has 2 aliphatic heterocycles. The molecule has 11 atom stereocenters. The molecule has 0 radical (unpaired) electrons. The van der Waals surface area contributed by atoms with Crippen LogP contribution in [-0.4, -0.2) is 142 Å². The van der Waals surface area contributed by atoms with Crippen LogP contribution in [0, 0.1) is 0 Å². The number of aliphatic hydroxyl groups is 7. The number of unbranched alkanes of at least 4 members (excludes halogenated alkanes) is 26. The highest BCUT2D eigenvalue weighted by molar-refractivity contribution is 5.69. The standard InChI is InChI=1S/C63H112O14/c1-3-5-7-9-11-13-15-17-19-21-23-24-25-26-27-29-31-33-35-37-39-41-43-45-47-72-49-52(75-55(65)46-44-42-40-38-36-34-32-30-28-22-20-18-16-14-12-10-8-6-4-2)50-73-62-61(71)59(69)57(67)54(77-62)51-74-63-60(70)58(68)56(66)53(48-64)76-63/h5,7,11,13,17-20,23-24,52-54,56-64,66-71H,3-4,6,8-10,12,14-16,21-22,25-51H2,1-2H3/b7-5-,13-11-,19-17-,20-18-,24-23-. The Hall–Kier alpha value is -2.31. The van der Waals surface area contributed by atoms with Crippen molar-refractivity contribution in [3.8, 4) is 0 Å². The van der Waals surface area contributed by atoms with Crippen molar-refractivity contribution in [2.75, 3.05) is 33.0 Å². The fourth-order valence-electron chi connectivity index (χ4n) is 9.57. The first-order valence-corrected chi connectivity index (χ1v) is 30.9. The van der Waals surface area contributed by atoms with E-state index >= 15 is 0 Å². The fraction of sp³-hybridized carbons (Fsp3) is 0.825. The Morgan fingerprint density at radius 3 is 1.34 bits per heavy atom. The van der Waals surface area contributed by atoms with E-state index < -0.39 is 80.7 Å². The highest BCUT2D eigenvalue weighted by atomic mass is 16.7. The molecular formula is C63H112O14. The second-order valence-electron chi connectivity index (χ2n) is 21.5. The number of rotatable bonds is 50. The number of allylic oxidation sites excluding steroid dienone is 10. The lowest BCUT2D eigenvalue weighted by molar-refractivity contribution is -0.332. The molecule has 14 heteroatoms. The Morgan fingerprint density at radius 1 is 0.442 bits per heavy atom. The largest absolute Gasteiger partial charge is 0.457 e. The van der Waals surface area contributed by atoms with Crippen molar-refractivity contribution in [3.05, 3.63) is 60.8 Å². The van der Waals surface area contributed by atoms with Crippen LogP contribution in [0.4, 0.5) is 0 Å². The molecule has 11 unspecified atom stereocenters. The van der Waals surface area contributed by atoms with E-state index in [-0.39, 0.29) is 25.6 Å². The van der Waals surface area contributed by atoms with Gasteiger partial charge in [0.2, 0.25) is 0 Å². The van der Waals surface area contributed by atoms with Crippen molar-refractivity contribution in [1.82, 2.24) is 0 Å². The van der Waals surface area contributed by atoms with Crippen molar-refractivity contribution < 1.29 is 69.0 Å². The molecule has 0 aromatic rings. The van der Waals surface area contributed by atoms with E-state index in [9.17, 15) is 40.5 Å². The summed E-state index contributed by atoms with van der Waals surface area (Å²) in [5, 5.41) is 72.4. The van der Waals surface area contributed by atoms with Gasteiger partial charge in [-0.05, 0) is 77.0 Å². The van der Waals surface area contributed by atoms with Crippen LogP contribution >= 0.6 is 0 Å². The van der Waals surface area contributed by atoms with Gasteiger partial charge in [-0.1, -0.05) is 209 Å². The molecule has 0 aromatic heterocycles. The first kappa shape index (κ1) is 70.8. The van der Waals surface area contributed by atoms with Crippen molar-refractivity contribution in [2.45, 2.75) is 300 Å². The van der Waals surface area contributed by atoms with Crippen molar-refractivity contribution in [3.63, 3.8) is 0 Å². The highest BCUT2D eigenvalue weighted by Crippen LogP contribution is 2.27. The van der Waals surface area contributed by atoms with Gasteiger partial charge in [0.25, 0.3) is 0 Å². The van der Waals surface area contributed by atoms with E-state index in [1.165, 1.54) is 135 Å². The first-order chi connectivity index (χ1) is 37.6. The lowest BCUT2D eigenvalue weighted by Crippen LogP contribution is -2.61. The van der Waals surface area contributed by atoms with Crippen LogP contribution in [-0.2, 0) is 33.2 Å². The molecule has 2 saturated heterocycles. The molecule has 0 saturated carbocycles. The third kappa shape index (κ3) is 35.9. The summed E-state index contributed by atoms with van der Waals surface area (Å²) >= 11 is 0. The predicted molar refractivity (Wildman–Crippen MR) is 307 cm³/mol. The molecule has 14 nitrogen and oxygen atoms in total. The van der Waals surface area contributed by atoms with Gasteiger partial charge in [-0.25, -0.2) is 0 Å². The summed E-state index contributed by atoms with van der Waals surface area (Å²) in [6.07, 6.45) is 45.6. The zero-order chi connectivity index (χ0) is 55.8. The molecule has 0 spiro atoms. The van der Waals surface area contributed by atoms with Gasteiger partial charge in [-0.3, -0.25) is 4.79 Å². The third-order valence-corrected chi connectivity index (χ3v) is 14.5. The maximum atomic E-state index is 13.1. The third-order valence-electron chi connectivity index (χ3n) is 14.5. The smallest absolute Gasteiger partial charge is 0.306 e. The van der Waals surface area contributed by atoms with E-state index in [0.717, 1.165) is 70.6 Å². The normalized spacial score (nSPS) is 24.7. The van der Waals surface area contributed by atoms with Gasteiger partial charge in [0.1, 0.15) is 54.9 Å². The number of esters is 1. The molecule has 0 aliphatic carbocycles. The van der Waals surface area contributed by atoms with Gasteiger partial charge in [0.05, 0.1) is 26.4 Å². The number of hydrogen-bond donors (Lipinski definition) is 7. The minimum absolute atomic E-state index is 0.0578. The molecule has 2 fully saturated rings. The molecule has 7 N–H and O–H groups in total. The van der Waals surface area contributed by atoms with Gasteiger partial charge in [0, 0.05) is 13.0 Å². The summed E-state index contributed by atoms with van der Waals surface area (Å²) < 4.78 is 34.5. The summed E-state index contributed by atoms with van der Waals surface area (Å²) in [5.41, 5.74) is 0. The molecule has 2 heterocycles. The Balaban J connectivity index is 1.69. The SMILES string of the molecule is CC/C=C\C/C=C\C/C=C\C/C=C\CCCCCCCCCCCCCOCC(COC1OC(COC2OC(CO)C(O)C(O)C2O)C(O)C(O)C1O)OC(=O)CCCCCCCCCCC/C=C\CCCCCCCC. The van der Waals surface area contributed by atoms with E-state index in [2.05, 4.69) is 74.6 Å². The highest BCUT2D eigenvalue weighted by Gasteiger charge is 2.47. The van der Waals surface area contributed by atoms with Crippen LogP contribution in [0.2, 0.25) is 0 Å². The van der Waals surface area contributed by atoms with Gasteiger partial charge >= 0.3 is 5.97 Å². The summed E-state index contributed by atoms with van der Waals surface area (Å²) in [6.45, 7) is 3.59. The van der Waals surface area contributed by atoms with Crippen LogP contribution in [0.3, 0.4) is 0 Å². The number of carbonyl (C=O) groups excluding carboxylic acids is 1. The van der Waals surface area contributed by atoms with Gasteiger partial charge in [-0.15, -0.1) is 0 Å². The molecular weight excluding hydrogens is 981 g/mol. The van der Waals surface area contributed by atoms with Crippen molar-refractivity contribution >= 4 is 5.97 Å². The molecule has 2 aliphatic rings. The Bertz CT molecular complexity index is 1500. The van der Waals surface area contributed by atoms with Crippen molar-refractivity contribution in [2.24, 2.45) is 0 Å². The first-order valence-electron chi connectivity index (χ1n) is 30.9. The maximum absolute atomic E-state index is 13.1. The number of carbonyl (C=O) groups is 1. The second-order valence-corrected chi connectivity index (χ2v) is 21.5. The molecule has 0 bridgehead atoms. The van der Waals surface area contributed by atoms with Gasteiger partial charge < -0.3 is 64.2 Å². The lowest BCUT2D eigenvalue weighted by atomic mass is 9.98. The minimum Gasteiger partial charge on any atom is -0.457 e.